The maximum absolute atomic E-state index is 12.5. The minimum Gasteiger partial charge on any atom is -0.301 e. The van der Waals surface area contributed by atoms with E-state index in [0.29, 0.717) is 12.8 Å². The summed E-state index contributed by atoms with van der Waals surface area (Å²) in [5.74, 6) is -0.339. The molecule has 0 aromatic rings. The van der Waals surface area contributed by atoms with Crippen molar-refractivity contribution in [3.8, 4) is 0 Å². The van der Waals surface area contributed by atoms with Crippen LogP contribution in [0, 0.1) is 0 Å². The molecule has 5 nitrogen and oxygen atoms in total. The summed E-state index contributed by atoms with van der Waals surface area (Å²) in [6.07, 6.45) is 6.60. The molecule has 18 heavy (non-hydrogen) atoms. The number of hydrogen-bond acceptors (Lipinski definition) is 4. The fourth-order valence-electron chi connectivity index (χ4n) is 2.53. The highest BCUT2D eigenvalue weighted by Crippen LogP contribution is 2.25. The average Bonchev–Trinajstić information content (AvgIpc) is 2.57. The molecule has 2 rings (SSSR count). The predicted octanol–water partition coefficient (Wildman–Crippen LogP) is 1.15. The minimum atomic E-state index is -3.47. The largest absolute Gasteiger partial charge is 0.301 e. The molecule has 0 unspecified atom stereocenters. The lowest BCUT2D eigenvalue weighted by molar-refractivity contribution is -0.118. The molecule has 2 aliphatic rings. The quantitative estimate of drug-likeness (QED) is 0.775. The molecule has 0 atom stereocenters. The van der Waals surface area contributed by atoms with Crippen molar-refractivity contribution in [1.82, 2.24) is 9.62 Å². The van der Waals surface area contributed by atoms with Crippen LogP contribution in [0.4, 0.5) is 0 Å². The Balaban J connectivity index is 2.13. The van der Waals surface area contributed by atoms with E-state index in [-0.39, 0.29) is 22.8 Å². The lowest BCUT2D eigenvalue weighted by Gasteiger charge is -2.25. The van der Waals surface area contributed by atoms with Gasteiger partial charge >= 0.3 is 0 Å². The number of carbonyl (C=O) groups is 1. The van der Waals surface area contributed by atoms with Gasteiger partial charge in [-0.25, -0.2) is 12.7 Å². The SMILES string of the molecule is O=C1CN(S(=O)(=O)C2CCCCCCC2)C(=S)N1. The summed E-state index contributed by atoms with van der Waals surface area (Å²) in [5.41, 5.74) is 0. The first-order valence-corrected chi connectivity index (χ1v) is 8.28. The third-order valence-electron chi connectivity index (χ3n) is 3.54. The number of hydrogen-bond donors (Lipinski definition) is 1. The van der Waals surface area contributed by atoms with Crippen LogP contribution in [0.1, 0.15) is 44.9 Å². The van der Waals surface area contributed by atoms with Crippen LogP contribution in [-0.2, 0) is 14.8 Å². The van der Waals surface area contributed by atoms with Gasteiger partial charge in [-0.1, -0.05) is 32.1 Å². The number of amides is 1. The Morgan fingerprint density at radius 1 is 1.11 bits per heavy atom. The molecule has 1 aliphatic carbocycles. The molecule has 1 heterocycles. The summed E-state index contributed by atoms with van der Waals surface area (Å²) in [4.78, 5) is 11.2. The summed E-state index contributed by atoms with van der Waals surface area (Å²) in [6, 6.07) is 0. The third-order valence-corrected chi connectivity index (χ3v) is 6.22. The van der Waals surface area contributed by atoms with Crippen LogP contribution >= 0.6 is 12.2 Å². The number of thiocarbonyl (C=S) groups is 1. The van der Waals surface area contributed by atoms with E-state index >= 15 is 0 Å². The van der Waals surface area contributed by atoms with Crippen LogP contribution in [-0.4, -0.2) is 35.5 Å². The Morgan fingerprint density at radius 3 is 2.17 bits per heavy atom. The molecule has 1 amide bonds. The van der Waals surface area contributed by atoms with E-state index in [4.69, 9.17) is 12.2 Å². The fraction of sp³-hybridized carbons (Fsp3) is 0.818. The zero-order valence-electron chi connectivity index (χ0n) is 10.2. The lowest BCUT2D eigenvalue weighted by Crippen LogP contribution is -2.41. The normalized spacial score (nSPS) is 23.7. The van der Waals surface area contributed by atoms with Crippen molar-refractivity contribution in [2.75, 3.05) is 6.54 Å². The smallest absolute Gasteiger partial charge is 0.247 e. The lowest BCUT2D eigenvalue weighted by atomic mass is 10.0. The van der Waals surface area contributed by atoms with E-state index in [0.717, 1.165) is 30.0 Å². The number of rotatable bonds is 2. The summed E-state index contributed by atoms with van der Waals surface area (Å²) >= 11 is 4.91. The van der Waals surface area contributed by atoms with Gasteiger partial charge in [0.2, 0.25) is 15.9 Å². The van der Waals surface area contributed by atoms with Crippen LogP contribution in [0.15, 0.2) is 0 Å². The summed E-state index contributed by atoms with van der Waals surface area (Å²) < 4.78 is 26.0. The maximum atomic E-state index is 12.5. The first kappa shape index (κ1) is 13.7. The van der Waals surface area contributed by atoms with E-state index in [2.05, 4.69) is 5.32 Å². The second-order valence-corrected chi connectivity index (χ2v) is 7.40. The first-order chi connectivity index (χ1) is 8.51. The van der Waals surface area contributed by atoms with Gasteiger partial charge < -0.3 is 5.32 Å². The summed E-state index contributed by atoms with van der Waals surface area (Å²) in [7, 11) is -3.47. The molecule has 102 valence electrons. The standard InChI is InChI=1S/C11H18N2O3S2/c14-10-8-13(11(17)12-10)18(15,16)9-6-4-2-1-3-5-7-9/h9H,1-8H2,(H,12,14,17). The molecule has 1 aliphatic heterocycles. The average molecular weight is 290 g/mol. The number of carbonyl (C=O) groups excluding carboxylic acids is 1. The van der Waals surface area contributed by atoms with E-state index in [1.54, 1.807) is 0 Å². The van der Waals surface area contributed by atoms with Gasteiger partial charge in [0.1, 0.15) is 6.54 Å². The van der Waals surface area contributed by atoms with E-state index < -0.39 is 10.0 Å². The van der Waals surface area contributed by atoms with Crippen molar-refractivity contribution in [3.05, 3.63) is 0 Å². The molecule has 0 spiro atoms. The highest BCUT2D eigenvalue weighted by Gasteiger charge is 2.38. The van der Waals surface area contributed by atoms with E-state index in [1.807, 2.05) is 0 Å². The molecule has 0 aromatic heterocycles. The molecule has 2 fully saturated rings. The topological polar surface area (TPSA) is 66.5 Å². The Hall–Kier alpha value is -0.690. The van der Waals surface area contributed by atoms with Gasteiger partial charge in [0.15, 0.2) is 5.11 Å². The molecule has 7 heteroatoms. The van der Waals surface area contributed by atoms with Crippen LogP contribution in [0.2, 0.25) is 0 Å². The number of nitrogens with zero attached hydrogens (tertiary/aromatic N) is 1. The zero-order chi connectivity index (χ0) is 13.2. The second-order valence-electron chi connectivity index (χ2n) is 4.87. The highest BCUT2D eigenvalue weighted by atomic mass is 32.2. The van der Waals surface area contributed by atoms with Crippen molar-refractivity contribution in [1.29, 1.82) is 0 Å². The minimum absolute atomic E-state index is 0.0297. The molecular formula is C11H18N2O3S2. The van der Waals surface area contributed by atoms with Crippen molar-refractivity contribution in [2.24, 2.45) is 0 Å². The third kappa shape index (κ3) is 2.83. The van der Waals surface area contributed by atoms with Crippen LogP contribution < -0.4 is 5.32 Å². The van der Waals surface area contributed by atoms with Gasteiger partial charge in [-0.2, -0.15) is 0 Å². The van der Waals surface area contributed by atoms with E-state index in [1.165, 1.54) is 6.42 Å². The molecule has 1 saturated carbocycles. The zero-order valence-corrected chi connectivity index (χ0v) is 11.9. The van der Waals surface area contributed by atoms with Crippen molar-refractivity contribution in [3.63, 3.8) is 0 Å². The van der Waals surface area contributed by atoms with Gasteiger partial charge in [-0.3, -0.25) is 4.79 Å². The monoisotopic (exact) mass is 290 g/mol. The maximum Gasteiger partial charge on any atom is 0.247 e. The van der Waals surface area contributed by atoms with E-state index in [9.17, 15) is 13.2 Å². The van der Waals surface area contributed by atoms with Crippen molar-refractivity contribution >= 4 is 33.3 Å². The molecule has 0 bridgehead atoms. The van der Waals surface area contributed by atoms with Gasteiger partial charge in [0.05, 0.1) is 5.25 Å². The Labute approximate surface area is 113 Å². The number of sulfonamides is 1. The van der Waals surface area contributed by atoms with Crippen LogP contribution in [0.25, 0.3) is 0 Å². The second kappa shape index (κ2) is 5.52. The molecule has 0 radical (unpaired) electrons. The first-order valence-electron chi connectivity index (χ1n) is 6.37. The summed E-state index contributed by atoms with van der Waals surface area (Å²) in [6.45, 7) is -0.155. The molecule has 1 N–H and O–H groups in total. The van der Waals surface area contributed by atoms with Gasteiger partial charge in [0.25, 0.3) is 0 Å². The molecular weight excluding hydrogens is 272 g/mol. The highest BCUT2D eigenvalue weighted by molar-refractivity contribution is 7.92. The molecule has 0 aromatic carbocycles. The fourth-order valence-corrected chi connectivity index (χ4v) is 4.88. The van der Waals surface area contributed by atoms with Crippen molar-refractivity contribution < 1.29 is 13.2 Å². The van der Waals surface area contributed by atoms with Gasteiger partial charge in [0, 0.05) is 0 Å². The molecule has 1 saturated heterocycles. The van der Waals surface area contributed by atoms with Crippen LogP contribution in [0.3, 0.4) is 0 Å². The number of nitrogens with one attached hydrogen (secondary N) is 1. The summed E-state index contributed by atoms with van der Waals surface area (Å²) in [5, 5.41) is 2.02. The van der Waals surface area contributed by atoms with Crippen molar-refractivity contribution in [2.45, 2.75) is 50.2 Å². The Bertz CT molecular complexity index is 439. The Morgan fingerprint density at radius 2 is 1.67 bits per heavy atom. The van der Waals surface area contributed by atoms with Gasteiger partial charge in [-0.05, 0) is 25.1 Å². The Kier molecular flexibility index (Phi) is 4.21. The predicted molar refractivity (Wildman–Crippen MR) is 72.5 cm³/mol. The van der Waals surface area contributed by atoms with Crippen LogP contribution in [0.5, 0.6) is 0 Å². The van der Waals surface area contributed by atoms with Gasteiger partial charge in [-0.15, -0.1) is 0 Å².